The molecule has 0 aromatic heterocycles. The summed E-state index contributed by atoms with van der Waals surface area (Å²) in [7, 11) is 0. The minimum Gasteiger partial charge on any atom is -0.335 e. The maximum absolute atomic E-state index is 11.6. The van der Waals surface area contributed by atoms with Gasteiger partial charge in [-0.15, -0.1) is 0 Å². The molecule has 0 spiro atoms. The van der Waals surface area contributed by atoms with Crippen LogP contribution in [0, 0.1) is 0 Å². The van der Waals surface area contributed by atoms with E-state index in [1.165, 1.54) is 0 Å². The first-order valence-electron chi connectivity index (χ1n) is 5.45. The predicted octanol–water partition coefficient (Wildman–Crippen LogP) is 3.76. The summed E-state index contributed by atoms with van der Waals surface area (Å²) in [6.45, 7) is 4.11. The SMILES string of the molecule is CCC[C@H](C)NC(=O)Nc1cccc(Br)c1. The highest BCUT2D eigenvalue weighted by Gasteiger charge is 2.06. The molecule has 0 radical (unpaired) electrons. The Bertz CT molecular complexity index is 355. The zero-order valence-corrected chi connectivity index (χ0v) is 11.2. The summed E-state index contributed by atoms with van der Waals surface area (Å²) in [5.41, 5.74) is 0.788. The highest BCUT2D eigenvalue weighted by molar-refractivity contribution is 9.10. The van der Waals surface area contributed by atoms with Crippen molar-refractivity contribution >= 4 is 27.6 Å². The van der Waals surface area contributed by atoms with Gasteiger partial charge in [0.25, 0.3) is 0 Å². The van der Waals surface area contributed by atoms with Crippen LogP contribution in [-0.2, 0) is 0 Å². The Balaban J connectivity index is 2.45. The van der Waals surface area contributed by atoms with Crippen LogP contribution in [0.5, 0.6) is 0 Å². The molecule has 0 aliphatic heterocycles. The number of rotatable bonds is 4. The molecule has 0 fully saturated rings. The van der Waals surface area contributed by atoms with E-state index in [4.69, 9.17) is 0 Å². The van der Waals surface area contributed by atoms with Gasteiger partial charge in [-0.1, -0.05) is 35.3 Å². The van der Waals surface area contributed by atoms with Gasteiger partial charge in [-0.3, -0.25) is 0 Å². The second-order valence-electron chi connectivity index (χ2n) is 3.80. The number of hydrogen-bond acceptors (Lipinski definition) is 1. The molecule has 0 saturated heterocycles. The Morgan fingerprint density at radius 2 is 2.25 bits per heavy atom. The van der Waals surface area contributed by atoms with E-state index in [9.17, 15) is 4.79 Å². The quantitative estimate of drug-likeness (QED) is 0.869. The van der Waals surface area contributed by atoms with E-state index in [-0.39, 0.29) is 12.1 Å². The van der Waals surface area contributed by atoms with E-state index in [1.54, 1.807) is 0 Å². The lowest BCUT2D eigenvalue weighted by Crippen LogP contribution is -2.35. The van der Waals surface area contributed by atoms with Crippen LogP contribution in [0.3, 0.4) is 0 Å². The van der Waals surface area contributed by atoms with Crippen LogP contribution in [0.2, 0.25) is 0 Å². The zero-order chi connectivity index (χ0) is 12.0. The minimum absolute atomic E-state index is 0.154. The molecule has 1 rings (SSSR count). The molecule has 3 nitrogen and oxygen atoms in total. The summed E-state index contributed by atoms with van der Waals surface area (Å²) in [5.74, 6) is 0. The van der Waals surface area contributed by atoms with Crippen LogP contribution in [0.15, 0.2) is 28.7 Å². The van der Waals surface area contributed by atoms with Gasteiger partial charge in [-0.2, -0.15) is 0 Å². The lowest BCUT2D eigenvalue weighted by molar-refractivity contribution is 0.248. The molecular formula is C12H17BrN2O. The van der Waals surface area contributed by atoms with Crippen molar-refractivity contribution in [3.8, 4) is 0 Å². The van der Waals surface area contributed by atoms with Crippen LogP contribution in [0.4, 0.5) is 10.5 Å². The first-order chi connectivity index (χ1) is 7.61. The number of halogens is 1. The summed E-state index contributed by atoms with van der Waals surface area (Å²) in [4.78, 5) is 11.6. The third kappa shape index (κ3) is 4.66. The maximum Gasteiger partial charge on any atom is 0.319 e. The van der Waals surface area contributed by atoms with Crippen LogP contribution in [0.1, 0.15) is 26.7 Å². The van der Waals surface area contributed by atoms with Gasteiger partial charge in [0.15, 0.2) is 0 Å². The van der Waals surface area contributed by atoms with Crippen molar-refractivity contribution in [3.05, 3.63) is 28.7 Å². The number of benzene rings is 1. The van der Waals surface area contributed by atoms with Crippen molar-refractivity contribution in [2.45, 2.75) is 32.7 Å². The first-order valence-corrected chi connectivity index (χ1v) is 6.24. The summed E-state index contributed by atoms with van der Waals surface area (Å²) in [6.07, 6.45) is 2.06. The van der Waals surface area contributed by atoms with Gasteiger partial charge >= 0.3 is 6.03 Å². The van der Waals surface area contributed by atoms with E-state index < -0.39 is 0 Å². The number of hydrogen-bond donors (Lipinski definition) is 2. The number of anilines is 1. The lowest BCUT2D eigenvalue weighted by atomic mass is 10.2. The molecule has 0 heterocycles. The second kappa shape index (κ2) is 6.53. The Morgan fingerprint density at radius 1 is 1.50 bits per heavy atom. The third-order valence-corrected chi connectivity index (χ3v) is 2.67. The molecule has 4 heteroatoms. The van der Waals surface area contributed by atoms with E-state index in [0.717, 1.165) is 23.0 Å². The number of carbonyl (C=O) groups is 1. The number of urea groups is 1. The van der Waals surface area contributed by atoms with E-state index in [0.29, 0.717) is 0 Å². The van der Waals surface area contributed by atoms with Crippen molar-refractivity contribution in [2.24, 2.45) is 0 Å². The van der Waals surface area contributed by atoms with E-state index >= 15 is 0 Å². The van der Waals surface area contributed by atoms with Gasteiger partial charge in [-0.05, 0) is 31.5 Å². The number of amides is 2. The Hall–Kier alpha value is -1.03. The summed E-state index contributed by atoms with van der Waals surface area (Å²) < 4.78 is 0.951. The van der Waals surface area contributed by atoms with Crippen LogP contribution < -0.4 is 10.6 Å². The molecule has 1 aromatic carbocycles. The summed E-state index contributed by atoms with van der Waals surface area (Å²) >= 11 is 3.36. The van der Waals surface area contributed by atoms with Crippen LogP contribution >= 0.6 is 15.9 Å². The highest BCUT2D eigenvalue weighted by atomic mass is 79.9. The largest absolute Gasteiger partial charge is 0.335 e. The predicted molar refractivity (Wildman–Crippen MR) is 70.7 cm³/mol. The molecular weight excluding hydrogens is 268 g/mol. The molecule has 0 bridgehead atoms. The molecule has 0 unspecified atom stereocenters. The minimum atomic E-state index is -0.154. The molecule has 0 aliphatic carbocycles. The average Bonchev–Trinajstić information content (AvgIpc) is 2.17. The van der Waals surface area contributed by atoms with Crippen molar-refractivity contribution < 1.29 is 4.79 Å². The van der Waals surface area contributed by atoms with Gasteiger partial charge in [0.2, 0.25) is 0 Å². The molecule has 88 valence electrons. The van der Waals surface area contributed by atoms with Crippen molar-refractivity contribution in [1.29, 1.82) is 0 Å². The van der Waals surface area contributed by atoms with Crippen LogP contribution in [-0.4, -0.2) is 12.1 Å². The summed E-state index contributed by atoms with van der Waals surface area (Å²) in [5, 5.41) is 5.68. The van der Waals surface area contributed by atoms with Gasteiger partial charge in [0.1, 0.15) is 0 Å². The fourth-order valence-electron chi connectivity index (χ4n) is 1.46. The van der Waals surface area contributed by atoms with Crippen LogP contribution in [0.25, 0.3) is 0 Å². The first kappa shape index (κ1) is 13.0. The molecule has 2 amide bonds. The molecule has 0 saturated carbocycles. The molecule has 2 N–H and O–H groups in total. The zero-order valence-electron chi connectivity index (χ0n) is 9.59. The highest BCUT2D eigenvalue weighted by Crippen LogP contribution is 2.15. The van der Waals surface area contributed by atoms with Gasteiger partial charge in [0, 0.05) is 16.2 Å². The summed E-state index contributed by atoms with van der Waals surface area (Å²) in [6, 6.07) is 7.58. The van der Waals surface area contributed by atoms with Crippen molar-refractivity contribution in [1.82, 2.24) is 5.32 Å². The maximum atomic E-state index is 11.6. The molecule has 1 aromatic rings. The number of nitrogens with one attached hydrogen (secondary N) is 2. The smallest absolute Gasteiger partial charge is 0.319 e. The van der Waals surface area contributed by atoms with Crippen molar-refractivity contribution in [3.63, 3.8) is 0 Å². The van der Waals surface area contributed by atoms with E-state index in [1.807, 2.05) is 31.2 Å². The molecule has 0 aliphatic rings. The standard InChI is InChI=1S/C12H17BrN2O/c1-3-5-9(2)14-12(16)15-11-7-4-6-10(13)8-11/h4,6-9H,3,5H2,1-2H3,(H2,14,15,16)/t9-/m0/s1. The second-order valence-corrected chi connectivity index (χ2v) is 4.71. The fraction of sp³-hybridized carbons (Fsp3) is 0.417. The Labute approximate surface area is 105 Å². The molecule has 16 heavy (non-hydrogen) atoms. The third-order valence-electron chi connectivity index (χ3n) is 2.18. The van der Waals surface area contributed by atoms with Gasteiger partial charge in [0.05, 0.1) is 0 Å². The topological polar surface area (TPSA) is 41.1 Å². The van der Waals surface area contributed by atoms with Gasteiger partial charge in [-0.25, -0.2) is 4.79 Å². The lowest BCUT2D eigenvalue weighted by Gasteiger charge is -2.13. The van der Waals surface area contributed by atoms with Gasteiger partial charge < -0.3 is 10.6 Å². The number of carbonyl (C=O) groups excluding carboxylic acids is 1. The fourth-order valence-corrected chi connectivity index (χ4v) is 1.86. The van der Waals surface area contributed by atoms with Crippen molar-refractivity contribution in [2.75, 3.05) is 5.32 Å². The Morgan fingerprint density at radius 3 is 2.88 bits per heavy atom. The normalized spacial score (nSPS) is 11.9. The van der Waals surface area contributed by atoms with E-state index in [2.05, 4.69) is 33.5 Å². The average molecular weight is 285 g/mol. The Kier molecular flexibility index (Phi) is 5.32. The monoisotopic (exact) mass is 284 g/mol. The molecule has 1 atom stereocenters.